The van der Waals surface area contributed by atoms with E-state index in [4.69, 9.17) is 11.6 Å². The van der Waals surface area contributed by atoms with Crippen LogP contribution in [-0.2, 0) is 6.54 Å². The molecule has 0 aromatic carbocycles. The molecule has 0 aliphatic rings. The average Bonchev–Trinajstić information content (AvgIpc) is 2.89. The molecule has 0 unspecified atom stereocenters. The summed E-state index contributed by atoms with van der Waals surface area (Å²) in [6.45, 7) is 4.74. The summed E-state index contributed by atoms with van der Waals surface area (Å²) >= 11 is 6.10. The summed E-state index contributed by atoms with van der Waals surface area (Å²) in [6, 6.07) is 5.67. The first-order valence-electron chi connectivity index (χ1n) is 6.70. The number of hydrogen-bond donors (Lipinski definition) is 1. The lowest BCUT2D eigenvalue weighted by Crippen LogP contribution is -2.05. The van der Waals surface area contributed by atoms with Crippen LogP contribution in [0.3, 0.4) is 0 Å². The summed E-state index contributed by atoms with van der Waals surface area (Å²) in [6.07, 6.45) is 3.53. The summed E-state index contributed by atoms with van der Waals surface area (Å²) in [7, 11) is 0. The van der Waals surface area contributed by atoms with Gasteiger partial charge in [0.2, 0.25) is 5.65 Å². The van der Waals surface area contributed by atoms with E-state index in [1.54, 1.807) is 23.0 Å². The Hall–Kier alpha value is -2.21. The molecule has 0 spiro atoms. The minimum atomic E-state index is 0.221. The van der Waals surface area contributed by atoms with Crippen molar-refractivity contribution < 1.29 is 0 Å². The molecule has 0 amide bonds. The Morgan fingerprint density at radius 3 is 2.71 bits per heavy atom. The molecule has 0 radical (unpaired) electrons. The lowest BCUT2D eigenvalue weighted by Gasteiger charge is -2.08. The molecule has 3 rings (SSSR count). The fraction of sp³-hybridized carbons (Fsp3) is 0.286. The van der Waals surface area contributed by atoms with Gasteiger partial charge in [-0.15, -0.1) is 10.2 Å². The van der Waals surface area contributed by atoms with Crippen LogP contribution >= 0.6 is 11.6 Å². The maximum atomic E-state index is 6.10. The van der Waals surface area contributed by atoms with Gasteiger partial charge < -0.3 is 5.32 Å². The lowest BCUT2D eigenvalue weighted by atomic mass is 10.2. The fourth-order valence-electron chi connectivity index (χ4n) is 2.05. The molecule has 0 saturated heterocycles. The van der Waals surface area contributed by atoms with Crippen molar-refractivity contribution in [2.45, 2.75) is 26.3 Å². The van der Waals surface area contributed by atoms with E-state index in [1.807, 2.05) is 26.0 Å². The fourth-order valence-corrected chi connectivity index (χ4v) is 2.24. The standard InChI is InChI=1S/C14H15ClN6/c1-9(2)13-18-19-14-11(7-12(15)20-21(13)14)17-8-10-3-5-16-6-4-10/h3-7,9,17H,8H2,1-2H3. The van der Waals surface area contributed by atoms with Gasteiger partial charge in [-0.25, -0.2) is 0 Å². The zero-order valence-electron chi connectivity index (χ0n) is 11.8. The van der Waals surface area contributed by atoms with Gasteiger partial charge in [0, 0.05) is 30.9 Å². The number of hydrogen-bond acceptors (Lipinski definition) is 5. The molecule has 1 N–H and O–H groups in total. The van der Waals surface area contributed by atoms with Crippen molar-refractivity contribution in [1.29, 1.82) is 0 Å². The highest BCUT2D eigenvalue weighted by Crippen LogP contribution is 2.22. The lowest BCUT2D eigenvalue weighted by molar-refractivity contribution is 0.721. The molecule has 0 bridgehead atoms. The minimum Gasteiger partial charge on any atom is -0.378 e. The second kappa shape index (κ2) is 5.65. The molecule has 3 aromatic rings. The third-order valence-corrected chi connectivity index (χ3v) is 3.30. The van der Waals surface area contributed by atoms with Gasteiger partial charge in [-0.05, 0) is 17.7 Å². The van der Waals surface area contributed by atoms with E-state index in [2.05, 4.69) is 25.6 Å². The number of aromatic nitrogens is 5. The topological polar surface area (TPSA) is 68.0 Å². The quantitative estimate of drug-likeness (QED) is 0.802. The van der Waals surface area contributed by atoms with Gasteiger partial charge in [-0.2, -0.15) is 9.61 Å². The Bertz CT molecular complexity index is 753. The van der Waals surface area contributed by atoms with Gasteiger partial charge in [0.1, 0.15) is 0 Å². The molecule has 0 aliphatic carbocycles. The van der Waals surface area contributed by atoms with Crippen LogP contribution in [0.2, 0.25) is 5.15 Å². The van der Waals surface area contributed by atoms with E-state index >= 15 is 0 Å². The first-order chi connectivity index (χ1) is 10.1. The molecule has 108 valence electrons. The maximum absolute atomic E-state index is 6.10. The second-order valence-corrected chi connectivity index (χ2v) is 5.43. The maximum Gasteiger partial charge on any atom is 0.201 e. The molecular weight excluding hydrogens is 288 g/mol. The smallest absolute Gasteiger partial charge is 0.201 e. The van der Waals surface area contributed by atoms with E-state index in [-0.39, 0.29) is 5.92 Å². The molecule has 0 saturated carbocycles. The highest BCUT2D eigenvalue weighted by molar-refractivity contribution is 6.29. The Labute approximate surface area is 127 Å². The van der Waals surface area contributed by atoms with Gasteiger partial charge in [0.15, 0.2) is 11.0 Å². The Morgan fingerprint density at radius 1 is 1.24 bits per heavy atom. The predicted molar refractivity (Wildman–Crippen MR) is 81.4 cm³/mol. The van der Waals surface area contributed by atoms with Crippen LogP contribution < -0.4 is 5.32 Å². The Morgan fingerprint density at radius 2 is 2.00 bits per heavy atom. The SMILES string of the molecule is CC(C)c1nnc2c(NCc3ccncc3)cc(Cl)nn12. The van der Waals surface area contributed by atoms with E-state index in [0.717, 1.165) is 17.1 Å². The summed E-state index contributed by atoms with van der Waals surface area (Å²) in [5.74, 6) is 1.01. The first kappa shape index (κ1) is 13.8. The summed E-state index contributed by atoms with van der Waals surface area (Å²) in [5, 5.41) is 16.4. The molecule has 7 heteroatoms. The molecule has 3 heterocycles. The minimum absolute atomic E-state index is 0.221. The van der Waals surface area contributed by atoms with Gasteiger partial charge in [-0.1, -0.05) is 25.4 Å². The zero-order valence-corrected chi connectivity index (χ0v) is 12.5. The normalized spacial score (nSPS) is 11.2. The molecule has 21 heavy (non-hydrogen) atoms. The second-order valence-electron chi connectivity index (χ2n) is 5.04. The van der Waals surface area contributed by atoms with Crippen molar-refractivity contribution in [2.24, 2.45) is 0 Å². The van der Waals surface area contributed by atoms with Crippen molar-refractivity contribution >= 4 is 22.9 Å². The van der Waals surface area contributed by atoms with Crippen LogP contribution in [0.15, 0.2) is 30.6 Å². The monoisotopic (exact) mass is 302 g/mol. The van der Waals surface area contributed by atoms with Crippen molar-refractivity contribution in [1.82, 2.24) is 24.8 Å². The van der Waals surface area contributed by atoms with Crippen molar-refractivity contribution in [2.75, 3.05) is 5.32 Å². The number of pyridine rings is 1. The summed E-state index contributed by atoms with van der Waals surface area (Å²) < 4.78 is 1.70. The molecule has 0 aliphatic heterocycles. The average molecular weight is 303 g/mol. The van der Waals surface area contributed by atoms with Crippen molar-refractivity contribution in [3.8, 4) is 0 Å². The molecule has 0 atom stereocenters. The molecular formula is C14H15ClN6. The van der Waals surface area contributed by atoms with Gasteiger partial charge >= 0.3 is 0 Å². The predicted octanol–water partition coefficient (Wildman–Crippen LogP) is 2.91. The van der Waals surface area contributed by atoms with Crippen molar-refractivity contribution in [3.63, 3.8) is 0 Å². The van der Waals surface area contributed by atoms with Crippen LogP contribution in [0.1, 0.15) is 31.2 Å². The van der Waals surface area contributed by atoms with Crippen LogP contribution in [0.5, 0.6) is 0 Å². The highest BCUT2D eigenvalue weighted by atomic mass is 35.5. The zero-order chi connectivity index (χ0) is 14.8. The largest absolute Gasteiger partial charge is 0.378 e. The summed E-state index contributed by atoms with van der Waals surface area (Å²) in [5.41, 5.74) is 2.61. The number of nitrogens with zero attached hydrogens (tertiary/aromatic N) is 5. The number of halogens is 1. The van der Waals surface area contributed by atoms with Crippen LogP contribution in [-0.4, -0.2) is 24.8 Å². The van der Waals surface area contributed by atoms with Crippen LogP contribution in [0.25, 0.3) is 5.65 Å². The van der Waals surface area contributed by atoms with Gasteiger partial charge in [0.25, 0.3) is 0 Å². The van der Waals surface area contributed by atoms with Gasteiger partial charge in [-0.3, -0.25) is 4.98 Å². The molecule has 3 aromatic heterocycles. The third kappa shape index (κ3) is 2.80. The number of anilines is 1. The third-order valence-electron chi connectivity index (χ3n) is 3.11. The molecule has 6 nitrogen and oxygen atoms in total. The van der Waals surface area contributed by atoms with E-state index < -0.39 is 0 Å². The van der Waals surface area contributed by atoms with Gasteiger partial charge in [0.05, 0.1) is 5.69 Å². The van der Waals surface area contributed by atoms with E-state index in [0.29, 0.717) is 17.3 Å². The Kier molecular flexibility index (Phi) is 3.70. The number of fused-ring (bicyclic) bond motifs is 1. The van der Waals surface area contributed by atoms with Crippen LogP contribution in [0.4, 0.5) is 5.69 Å². The van der Waals surface area contributed by atoms with E-state index in [1.165, 1.54) is 0 Å². The van der Waals surface area contributed by atoms with Crippen LogP contribution in [0, 0.1) is 0 Å². The number of rotatable bonds is 4. The van der Waals surface area contributed by atoms with E-state index in [9.17, 15) is 0 Å². The highest BCUT2D eigenvalue weighted by Gasteiger charge is 2.14. The van der Waals surface area contributed by atoms with Crippen molar-refractivity contribution in [3.05, 3.63) is 47.1 Å². The first-order valence-corrected chi connectivity index (χ1v) is 7.07. The molecule has 0 fully saturated rings. The number of nitrogens with one attached hydrogen (secondary N) is 1. The summed E-state index contributed by atoms with van der Waals surface area (Å²) in [4.78, 5) is 4.00. The Balaban J connectivity index is 1.95.